The standard InChI is InChI=1S/C19H20/c1-3-15-16(4-2)19(14-10-6-5-7-11-14)18-13-9-8-12-17(15)18/h5-13,19H,3-4H2,1-2H3. The van der Waals surface area contributed by atoms with E-state index in [0.717, 1.165) is 12.8 Å². The minimum Gasteiger partial charge on any atom is -0.0622 e. The maximum absolute atomic E-state index is 2.30. The predicted octanol–water partition coefficient (Wildman–Crippen LogP) is 5.41. The third kappa shape index (κ3) is 1.92. The van der Waals surface area contributed by atoms with Crippen LogP contribution in [0.4, 0.5) is 0 Å². The first kappa shape index (κ1) is 12.2. The van der Waals surface area contributed by atoms with Crippen LogP contribution in [-0.2, 0) is 0 Å². The van der Waals surface area contributed by atoms with Crippen LogP contribution in [0, 0.1) is 0 Å². The summed E-state index contributed by atoms with van der Waals surface area (Å²) in [6, 6.07) is 19.8. The first-order valence-corrected chi connectivity index (χ1v) is 7.23. The van der Waals surface area contributed by atoms with E-state index < -0.39 is 0 Å². The Kier molecular flexibility index (Phi) is 3.25. The van der Waals surface area contributed by atoms with E-state index in [4.69, 9.17) is 0 Å². The predicted molar refractivity (Wildman–Crippen MR) is 82.2 cm³/mol. The van der Waals surface area contributed by atoms with E-state index in [2.05, 4.69) is 68.4 Å². The van der Waals surface area contributed by atoms with Crippen LogP contribution >= 0.6 is 0 Å². The summed E-state index contributed by atoms with van der Waals surface area (Å²) in [6.45, 7) is 4.56. The van der Waals surface area contributed by atoms with E-state index in [1.165, 1.54) is 16.7 Å². The molecule has 0 bridgehead atoms. The molecular formula is C19H20. The maximum atomic E-state index is 2.30. The molecule has 1 atom stereocenters. The molecule has 2 aromatic rings. The van der Waals surface area contributed by atoms with Crippen LogP contribution in [0.3, 0.4) is 0 Å². The van der Waals surface area contributed by atoms with Gasteiger partial charge in [0.05, 0.1) is 0 Å². The van der Waals surface area contributed by atoms with Crippen molar-refractivity contribution in [3.63, 3.8) is 0 Å². The summed E-state index contributed by atoms with van der Waals surface area (Å²) in [5, 5.41) is 0. The molecular weight excluding hydrogens is 228 g/mol. The molecule has 0 amide bonds. The van der Waals surface area contributed by atoms with E-state index in [1.54, 1.807) is 11.1 Å². The molecule has 0 aliphatic heterocycles. The van der Waals surface area contributed by atoms with Gasteiger partial charge in [0.2, 0.25) is 0 Å². The first-order chi connectivity index (χ1) is 9.36. The zero-order chi connectivity index (χ0) is 13.2. The molecule has 0 spiro atoms. The van der Waals surface area contributed by atoms with E-state index in [-0.39, 0.29) is 0 Å². The Morgan fingerprint density at radius 2 is 1.47 bits per heavy atom. The van der Waals surface area contributed by atoms with Crippen molar-refractivity contribution in [1.29, 1.82) is 0 Å². The molecule has 1 aliphatic carbocycles. The summed E-state index contributed by atoms with van der Waals surface area (Å²) < 4.78 is 0. The van der Waals surface area contributed by atoms with Crippen molar-refractivity contribution in [1.82, 2.24) is 0 Å². The number of rotatable bonds is 3. The Balaban J connectivity index is 2.21. The fourth-order valence-corrected chi connectivity index (χ4v) is 3.42. The van der Waals surface area contributed by atoms with Gasteiger partial charge in [-0.05, 0) is 35.1 Å². The highest BCUT2D eigenvalue weighted by molar-refractivity contribution is 5.79. The van der Waals surface area contributed by atoms with Gasteiger partial charge < -0.3 is 0 Å². The molecule has 0 aromatic heterocycles. The number of hydrogen-bond acceptors (Lipinski definition) is 0. The molecule has 0 N–H and O–H groups in total. The van der Waals surface area contributed by atoms with Gasteiger partial charge in [0.15, 0.2) is 0 Å². The Morgan fingerprint density at radius 3 is 2.16 bits per heavy atom. The molecule has 0 fully saturated rings. The number of allylic oxidation sites excluding steroid dienone is 2. The van der Waals surface area contributed by atoms with Gasteiger partial charge in [-0.3, -0.25) is 0 Å². The van der Waals surface area contributed by atoms with Gasteiger partial charge >= 0.3 is 0 Å². The van der Waals surface area contributed by atoms with Gasteiger partial charge in [-0.15, -0.1) is 0 Å². The topological polar surface area (TPSA) is 0 Å². The largest absolute Gasteiger partial charge is 0.0622 e. The van der Waals surface area contributed by atoms with E-state index in [9.17, 15) is 0 Å². The van der Waals surface area contributed by atoms with Gasteiger partial charge in [0.1, 0.15) is 0 Å². The van der Waals surface area contributed by atoms with Crippen LogP contribution in [0.1, 0.15) is 49.3 Å². The van der Waals surface area contributed by atoms with Gasteiger partial charge in [-0.25, -0.2) is 0 Å². The van der Waals surface area contributed by atoms with E-state index in [1.807, 2.05) is 0 Å². The second-order valence-corrected chi connectivity index (χ2v) is 5.14. The molecule has 3 rings (SSSR count). The molecule has 0 nitrogen and oxygen atoms in total. The minimum absolute atomic E-state index is 0.470. The number of hydrogen-bond donors (Lipinski definition) is 0. The van der Waals surface area contributed by atoms with Crippen molar-refractivity contribution in [2.24, 2.45) is 0 Å². The third-order valence-corrected chi connectivity index (χ3v) is 4.20. The lowest BCUT2D eigenvalue weighted by Crippen LogP contribution is -2.00. The van der Waals surface area contributed by atoms with E-state index >= 15 is 0 Å². The van der Waals surface area contributed by atoms with Crippen LogP contribution in [0.15, 0.2) is 60.2 Å². The third-order valence-electron chi connectivity index (χ3n) is 4.20. The number of benzene rings is 2. The second kappa shape index (κ2) is 5.05. The van der Waals surface area contributed by atoms with Crippen molar-refractivity contribution in [3.8, 4) is 0 Å². The SMILES string of the molecule is CCC1=C(CC)C(c2ccccc2)c2ccccc21. The normalized spacial score (nSPS) is 17.7. The summed E-state index contributed by atoms with van der Waals surface area (Å²) in [5.74, 6) is 0.470. The van der Waals surface area contributed by atoms with Crippen molar-refractivity contribution >= 4 is 5.57 Å². The average Bonchev–Trinajstić information content (AvgIpc) is 2.81. The molecule has 0 heteroatoms. The molecule has 0 radical (unpaired) electrons. The lowest BCUT2D eigenvalue weighted by Gasteiger charge is -2.16. The molecule has 2 aromatic carbocycles. The minimum atomic E-state index is 0.470. The Morgan fingerprint density at radius 1 is 0.789 bits per heavy atom. The summed E-state index contributed by atoms with van der Waals surface area (Å²) in [6.07, 6.45) is 2.26. The fourth-order valence-electron chi connectivity index (χ4n) is 3.42. The quantitative estimate of drug-likeness (QED) is 0.681. The van der Waals surface area contributed by atoms with Crippen LogP contribution in [-0.4, -0.2) is 0 Å². The number of fused-ring (bicyclic) bond motifs is 1. The fraction of sp³-hybridized carbons (Fsp3) is 0.263. The van der Waals surface area contributed by atoms with Crippen molar-refractivity contribution in [2.45, 2.75) is 32.6 Å². The van der Waals surface area contributed by atoms with Crippen LogP contribution < -0.4 is 0 Å². The smallest absolute Gasteiger partial charge is 0.0310 e. The molecule has 0 heterocycles. The molecule has 1 unspecified atom stereocenters. The maximum Gasteiger partial charge on any atom is 0.0310 e. The highest BCUT2D eigenvalue weighted by atomic mass is 14.3. The summed E-state index contributed by atoms with van der Waals surface area (Å²) >= 11 is 0. The van der Waals surface area contributed by atoms with Crippen molar-refractivity contribution < 1.29 is 0 Å². The van der Waals surface area contributed by atoms with Gasteiger partial charge in [0, 0.05) is 5.92 Å². The highest BCUT2D eigenvalue weighted by Gasteiger charge is 2.29. The Bertz CT molecular complexity index is 605. The Labute approximate surface area is 115 Å². The average molecular weight is 248 g/mol. The molecule has 19 heavy (non-hydrogen) atoms. The van der Waals surface area contributed by atoms with Crippen LogP contribution in [0.2, 0.25) is 0 Å². The van der Waals surface area contributed by atoms with Gasteiger partial charge in [-0.2, -0.15) is 0 Å². The first-order valence-electron chi connectivity index (χ1n) is 7.23. The Hall–Kier alpha value is -1.82. The second-order valence-electron chi connectivity index (χ2n) is 5.14. The zero-order valence-electron chi connectivity index (χ0n) is 11.7. The monoisotopic (exact) mass is 248 g/mol. The van der Waals surface area contributed by atoms with E-state index in [0.29, 0.717) is 5.92 Å². The lowest BCUT2D eigenvalue weighted by atomic mass is 9.87. The van der Waals surface area contributed by atoms with Crippen LogP contribution in [0.5, 0.6) is 0 Å². The molecule has 1 aliphatic rings. The zero-order valence-corrected chi connectivity index (χ0v) is 11.7. The summed E-state index contributed by atoms with van der Waals surface area (Å²) in [5.41, 5.74) is 7.55. The molecule has 0 saturated carbocycles. The summed E-state index contributed by atoms with van der Waals surface area (Å²) in [4.78, 5) is 0. The lowest BCUT2D eigenvalue weighted by molar-refractivity contribution is 0.902. The highest BCUT2D eigenvalue weighted by Crippen LogP contribution is 2.47. The van der Waals surface area contributed by atoms with Crippen molar-refractivity contribution in [2.75, 3.05) is 0 Å². The molecule has 0 saturated heterocycles. The van der Waals surface area contributed by atoms with Gasteiger partial charge in [-0.1, -0.05) is 74.0 Å². The molecule has 96 valence electrons. The van der Waals surface area contributed by atoms with Crippen LogP contribution in [0.25, 0.3) is 5.57 Å². The van der Waals surface area contributed by atoms with Crippen molar-refractivity contribution in [3.05, 3.63) is 76.9 Å². The summed E-state index contributed by atoms with van der Waals surface area (Å²) in [7, 11) is 0. The van der Waals surface area contributed by atoms with Gasteiger partial charge in [0.25, 0.3) is 0 Å².